The Hall–Kier alpha value is -2.73. The third kappa shape index (κ3) is 4.34. The van der Waals surface area contributed by atoms with Gasteiger partial charge in [-0.2, -0.15) is 5.10 Å². The molecule has 0 atom stereocenters. The van der Waals surface area contributed by atoms with Crippen molar-refractivity contribution in [2.45, 2.75) is 31.8 Å². The van der Waals surface area contributed by atoms with Crippen molar-refractivity contribution in [3.05, 3.63) is 72.1 Å². The summed E-state index contributed by atoms with van der Waals surface area (Å²) in [6, 6.07) is 10.5. The van der Waals surface area contributed by atoms with Gasteiger partial charge in [0, 0.05) is 42.3 Å². The Morgan fingerprint density at radius 2 is 2.00 bits per heavy atom. The van der Waals surface area contributed by atoms with E-state index in [0.717, 1.165) is 50.3 Å². The molecular weight excluding hydrogens is 338 g/mol. The van der Waals surface area contributed by atoms with Crippen molar-refractivity contribution >= 4 is 0 Å². The molecule has 0 radical (unpaired) electrons. The van der Waals surface area contributed by atoms with Crippen molar-refractivity contribution in [3.8, 4) is 5.75 Å². The van der Waals surface area contributed by atoms with Gasteiger partial charge >= 0.3 is 0 Å². The Morgan fingerprint density at radius 3 is 2.70 bits per heavy atom. The maximum atomic E-state index is 5.54. The van der Waals surface area contributed by atoms with Gasteiger partial charge in [0.1, 0.15) is 12.1 Å². The van der Waals surface area contributed by atoms with E-state index in [0.29, 0.717) is 5.92 Å². The number of hydrogen-bond acceptors (Lipinski definition) is 5. The predicted octanol–water partition coefficient (Wildman–Crippen LogP) is 3.11. The highest BCUT2D eigenvalue weighted by atomic mass is 16.5. The molecule has 1 aromatic carbocycles. The van der Waals surface area contributed by atoms with Gasteiger partial charge in [0.15, 0.2) is 0 Å². The van der Waals surface area contributed by atoms with Gasteiger partial charge in [-0.05, 0) is 55.8 Å². The summed E-state index contributed by atoms with van der Waals surface area (Å²) >= 11 is 0. The lowest BCUT2D eigenvalue weighted by Crippen LogP contribution is -2.32. The lowest BCUT2D eigenvalue weighted by Gasteiger charge is -2.31. The van der Waals surface area contributed by atoms with E-state index < -0.39 is 0 Å². The number of piperidine rings is 1. The Bertz CT molecular complexity index is 842. The van der Waals surface area contributed by atoms with E-state index in [4.69, 9.17) is 4.74 Å². The lowest BCUT2D eigenvalue weighted by atomic mass is 9.93. The molecule has 0 amide bonds. The summed E-state index contributed by atoms with van der Waals surface area (Å²) in [6.07, 6.45) is 9.57. The van der Waals surface area contributed by atoms with E-state index in [9.17, 15) is 0 Å². The van der Waals surface area contributed by atoms with E-state index in [2.05, 4.69) is 38.2 Å². The second kappa shape index (κ2) is 8.31. The van der Waals surface area contributed by atoms with Crippen LogP contribution in [0.1, 0.15) is 35.6 Å². The summed E-state index contributed by atoms with van der Waals surface area (Å²) in [5, 5.41) is 4.31. The van der Waals surface area contributed by atoms with E-state index >= 15 is 0 Å². The minimum Gasteiger partial charge on any atom is -0.496 e. The smallest absolute Gasteiger partial charge is 0.123 e. The first-order valence-electron chi connectivity index (χ1n) is 9.43. The Labute approximate surface area is 159 Å². The Balaban J connectivity index is 1.39. The molecule has 4 rings (SSSR count). The number of methoxy groups -OCH3 is 1. The first-order chi connectivity index (χ1) is 13.3. The van der Waals surface area contributed by atoms with Gasteiger partial charge in [-0.3, -0.25) is 9.58 Å². The lowest BCUT2D eigenvalue weighted by molar-refractivity contribution is 0.203. The number of likely N-dealkylation sites (tertiary alicyclic amines) is 1. The standard InChI is InChI=1S/C21H25N5O/c1-27-21-4-3-17(13-19(21)15-26-10-2-8-24-26)14-25-11-6-18(7-12-25)20-5-9-22-16-23-20/h2-5,8-10,13,16,18H,6-7,11-12,14-15H2,1H3. The average Bonchev–Trinajstić information content (AvgIpc) is 3.23. The van der Waals surface area contributed by atoms with Crippen molar-refractivity contribution in [1.82, 2.24) is 24.6 Å². The van der Waals surface area contributed by atoms with Gasteiger partial charge < -0.3 is 4.74 Å². The summed E-state index contributed by atoms with van der Waals surface area (Å²) in [5.41, 5.74) is 3.66. The van der Waals surface area contributed by atoms with Crippen LogP contribution in [0.2, 0.25) is 0 Å². The van der Waals surface area contributed by atoms with Crippen molar-refractivity contribution in [1.29, 1.82) is 0 Å². The van der Waals surface area contributed by atoms with Crippen LogP contribution in [0.5, 0.6) is 5.75 Å². The number of rotatable bonds is 6. The fourth-order valence-electron chi connectivity index (χ4n) is 3.81. The highest BCUT2D eigenvalue weighted by molar-refractivity contribution is 5.37. The zero-order valence-electron chi connectivity index (χ0n) is 15.7. The topological polar surface area (TPSA) is 56.1 Å². The second-order valence-electron chi connectivity index (χ2n) is 7.03. The number of ether oxygens (including phenoxy) is 1. The van der Waals surface area contributed by atoms with Gasteiger partial charge in [-0.25, -0.2) is 9.97 Å². The third-order valence-electron chi connectivity index (χ3n) is 5.25. The third-order valence-corrected chi connectivity index (χ3v) is 5.25. The summed E-state index contributed by atoms with van der Waals surface area (Å²) in [6.45, 7) is 3.87. The summed E-state index contributed by atoms with van der Waals surface area (Å²) in [4.78, 5) is 11.0. The molecule has 6 heteroatoms. The van der Waals surface area contributed by atoms with E-state index in [1.54, 1.807) is 19.6 Å². The summed E-state index contributed by atoms with van der Waals surface area (Å²) in [7, 11) is 1.72. The molecule has 1 saturated heterocycles. The first-order valence-corrected chi connectivity index (χ1v) is 9.43. The molecule has 27 heavy (non-hydrogen) atoms. The number of aromatic nitrogens is 4. The molecule has 1 aliphatic rings. The van der Waals surface area contributed by atoms with Gasteiger partial charge in [-0.1, -0.05) is 6.07 Å². The van der Waals surface area contributed by atoms with Crippen molar-refractivity contribution < 1.29 is 4.74 Å². The van der Waals surface area contributed by atoms with Crippen LogP contribution in [0.15, 0.2) is 55.2 Å². The predicted molar refractivity (Wildman–Crippen MR) is 104 cm³/mol. The van der Waals surface area contributed by atoms with Gasteiger partial charge in [0.2, 0.25) is 0 Å². The van der Waals surface area contributed by atoms with Crippen LogP contribution >= 0.6 is 0 Å². The molecule has 1 aliphatic heterocycles. The van der Waals surface area contributed by atoms with Crippen LogP contribution in [-0.2, 0) is 13.1 Å². The maximum Gasteiger partial charge on any atom is 0.123 e. The Morgan fingerprint density at radius 1 is 1.11 bits per heavy atom. The quantitative estimate of drug-likeness (QED) is 0.673. The number of benzene rings is 1. The van der Waals surface area contributed by atoms with Crippen molar-refractivity contribution in [3.63, 3.8) is 0 Å². The number of hydrogen-bond donors (Lipinski definition) is 0. The van der Waals surface area contributed by atoms with Crippen LogP contribution in [0, 0.1) is 0 Å². The molecule has 0 saturated carbocycles. The van der Waals surface area contributed by atoms with E-state index in [-0.39, 0.29) is 0 Å². The van der Waals surface area contributed by atoms with E-state index in [1.807, 2.05) is 29.2 Å². The van der Waals surface area contributed by atoms with Gasteiger partial charge in [-0.15, -0.1) is 0 Å². The molecule has 3 aromatic rings. The molecule has 2 aromatic heterocycles. The molecule has 1 fully saturated rings. The second-order valence-corrected chi connectivity index (χ2v) is 7.03. The van der Waals surface area contributed by atoms with Crippen LogP contribution in [0.3, 0.4) is 0 Å². The van der Waals surface area contributed by atoms with Crippen LogP contribution in [-0.4, -0.2) is 44.8 Å². The molecule has 6 nitrogen and oxygen atoms in total. The molecule has 0 aliphatic carbocycles. The molecular formula is C21H25N5O. The SMILES string of the molecule is COc1ccc(CN2CCC(c3ccncn3)CC2)cc1Cn1cccn1. The first kappa shape index (κ1) is 17.7. The fourth-order valence-corrected chi connectivity index (χ4v) is 3.81. The highest BCUT2D eigenvalue weighted by Gasteiger charge is 2.21. The zero-order chi connectivity index (χ0) is 18.5. The minimum absolute atomic E-state index is 0.551. The molecule has 0 N–H and O–H groups in total. The monoisotopic (exact) mass is 363 g/mol. The van der Waals surface area contributed by atoms with Crippen molar-refractivity contribution in [2.75, 3.05) is 20.2 Å². The largest absolute Gasteiger partial charge is 0.496 e. The molecule has 3 heterocycles. The van der Waals surface area contributed by atoms with Gasteiger partial charge in [0.25, 0.3) is 0 Å². The maximum absolute atomic E-state index is 5.54. The fraction of sp³-hybridized carbons (Fsp3) is 0.381. The van der Waals surface area contributed by atoms with Gasteiger partial charge in [0.05, 0.1) is 13.7 Å². The molecule has 0 unspecified atom stereocenters. The zero-order valence-corrected chi connectivity index (χ0v) is 15.7. The van der Waals surface area contributed by atoms with Crippen LogP contribution in [0.4, 0.5) is 0 Å². The Kier molecular flexibility index (Phi) is 5.44. The summed E-state index contributed by atoms with van der Waals surface area (Å²) < 4.78 is 7.46. The highest BCUT2D eigenvalue weighted by Crippen LogP contribution is 2.28. The molecule has 140 valence electrons. The van der Waals surface area contributed by atoms with Crippen LogP contribution in [0.25, 0.3) is 0 Å². The summed E-state index contributed by atoms with van der Waals surface area (Å²) in [5.74, 6) is 1.47. The normalized spacial score (nSPS) is 15.7. The molecule has 0 spiro atoms. The average molecular weight is 363 g/mol. The number of nitrogens with zero attached hydrogens (tertiary/aromatic N) is 5. The van der Waals surface area contributed by atoms with Crippen LogP contribution < -0.4 is 4.74 Å². The molecule has 0 bridgehead atoms. The van der Waals surface area contributed by atoms with Crippen molar-refractivity contribution in [2.24, 2.45) is 0 Å². The minimum atomic E-state index is 0.551. The van der Waals surface area contributed by atoms with E-state index in [1.165, 1.54) is 11.3 Å².